The maximum absolute atomic E-state index is 2.47. The molecule has 12 aromatic rings. The van der Waals surface area contributed by atoms with Crippen LogP contribution in [0, 0.1) is 0 Å². The summed E-state index contributed by atoms with van der Waals surface area (Å²) in [6.07, 6.45) is 0. The Labute approximate surface area is 371 Å². The first kappa shape index (κ1) is 37.1. The Kier molecular flexibility index (Phi) is 9.37. The molecule has 0 radical (unpaired) electrons. The fourth-order valence-corrected chi connectivity index (χ4v) is 19.0. The molecule has 0 aliphatic heterocycles. The van der Waals surface area contributed by atoms with Gasteiger partial charge in [0.05, 0.1) is 0 Å². The van der Waals surface area contributed by atoms with Gasteiger partial charge in [0, 0.05) is 0 Å². The second-order valence-electron chi connectivity index (χ2n) is 16.3. The van der Waals surface area contributed by atoms with Crippen LogP contribution in [0.1, 0.15) is 0 Å². The van der Waals surface area contributed by atoms with Crippen molar-refractivity contribution in [2.45, 2.75) is 0 Å². The van der Waals surface area contributed by atoms with E-state index in [1.807, 2.05) is 0 Å². The summed E-state index contributed by atoms with van der Waals surface area (Å²) in [5, 5.41) is 15.5. The van der Waals surface area contributed by atoms with Gasteiger partial charge in [0.15, 0.2) is 0 Å². The van der Waals surface area contributed by atoms with E-state index in [0.29, 0.717) is 0 Å². The van der Waals surface area contributed by atoms with Crippen LogP contribution in [0.5, 0.6) is 0 Å². The molecule has 0 aromatic heterocycles. The third-order valence-electron chi connectivity index (χ3n) is 12.4. The van der Waals surface area contributed by atoms with Crippen molar-refractivity contribution in [3.8, 4) is 11.1 Å². The predicted octanol–water partition coefficient (Wildman–Crippen LogP) is 11.3. The van der Waals surface area contributed by atoms with E-state index in [-0.39, 0.29) is 0 Å². The topological polar surface area (TPSA) is 0 Å². The van der Waals surface area contributed by atoms with Crippen LogP contribution in [0.2, 0.25) is 0 Å². The minimum absolute atomic E-state index is 1.25. The Hall–Kier alpha value is -6.68. The van der Waals surface area contributed by atoms with Crippen molar-refractivity contribution in [1.82, 2.24) is 0 Å². The Morgan fingerprint density at radius 3 is 0.742 bits per heavy atom. The van der Waals surface area contributed by atoms with Crippen LogP contribution < -0.4 is 26.1 Å². The van der Waals surface area contributed by atoms with Gasteiger partial charge < -0.3 is 0 Å². The molecule has 12 rings (SSSR count). The van der Waals surface area contributed by atoms with E-state index >= 15 is 0 Å². The monoisotopic (exact) mass is 910 g/mol. The van der Waals surface area contributed by atoms with Crippen molar-refractivity contribution in [3.63, 3.8) is 0 Å². The molecule has 0 aliphatic carbocycles. The Balaban J connectivity index is 0.876. The molecular formula is C60H40As2. The van der Waals surface area contributed by atoms with E-state index in [2.05, 4.69) is 243 Å². The van der Waals surface area contributed by atoms with Gasteiger partial charge >= 0.3 is 374 Å². The Bertz CT molecular complexity index is 3370. The van der Waals surface area contributed by atoms with Gasteiger partial charge in [-0.2, -0.15) is 0 Å². The number of benzene rings is 12. The summed E-state index contributed by atoms with van der Waals surface area (Å²) in [7, 11) is 0. The van der Waals surface area contributed by atoms with Gasteiger partial charge in [-0.25, -0.2) is 0 Å². The number of hydrogen-bond donors (Lipinski definition) is 0. The molecule has 0 bridgehead atoms. The molecule has 0 aliphatic rings. The summed E-state index contributed by atoms with van der Waals surface area (Å²) in [6.45, 7) is 0. The van der Waals surface area contributed by atoms with Gasteiger partial charge in [-0.15, -0.1) is 0 Å². The molecule has 2 heteroatoms. The molecule has 0 saturated carbocycles. The van der Waals surface area contributed by atoms with Crippen molar-refractivity contribution in [3.05, 3.63) is 243 Å². The van der Waals surface area contributed by atoms with Crippen LogP contribution in [-0.2, 0) is 0 Å². The summed E-state index contributed by atoms with van der Waals surface area (Å²) in [6, 6.07) is 91.9. The predicted molar refractivity (Wildman–Crippen MR) is 272 cm³/mol. The van der Waals surface area contributed by atoms with Gasteiger partial charge in [0.25, 0.3) is 0 Å². The molecular weight excluding hydrogens is 871 g/mol. The second kappa shape index (κ2) is 15.7. The van der Waals surface area contributed by atoms with Crippen molar-refractivity contribution >= 4 is 120 Å². The van der Waals surface area contributed by atoms with E-state index in [0.717, 1.165) is 0 Å². The first-order chi connectivity index (χ1) is 30.7. The molecule has 12 aromatic carbocycles. The third kappa shape index (κ3) is 6.91. The zero-order valence-electron chi connectivity index (χ0n) is 34.0. The van der Waals surface area contributed by atoms with Gasteiger partial charge in [-0.1, -0.05) is 0 Å². The van der Waals surface area contributed by atoms with Crippen molar-refractivity contribution < 1.29 is 0 Å². The van der Waals surface area contributed by atoms with E-state index in [4.69, 9.17) is 0 Å². The maximum atomic E-state index is 2.47. The van der Waals surface area contributed by atoms with Crippen LogP contribution in [0.4, 0.5) is 0 Å². The van der Waals surface area contributed by atoms with Gasteiger partial charge in [-0.3, -0.25) is 0 Å². The first-order valence-electron chi connectivity index (χ1n) is 21.3. The van der Waals surface area contributed by atoms with Gasteiger partial charge in [0.1, 0.15) is 0 Å². The van der Waals surface area contributed by atoms with Crippen LogP contribution in [0.25, 0.3) is 75.8 Å². The van der Waals surface area contributed by atoms with Crippen LogP contribution in [0.15, 0.2) is 243 Å². The molecule has 2 unspecified atom stereocenters. The van der Waals surface area contributed by atoms with Gasteiger partial charge in [0.2, 0.25) is 0 Å². The molecule has 0 nitrogen and oxygen atoms in total. The standard InChI is InChI=1S/C60H40As2/c1-3-15-55(16-4-1)61(59-29-23-47-35-49-31-43-11-7-9-13-45(43)33-51(49)37-53(47)39-59)57-25-19-41(20-26-57)42-21-27-58(28-22-42)62(56-17-5-2-6-18-56)60-30-24-48-36-50-32-44-12-8-10-14-46(44)34-52(50)38-54(48)40-60/h1-40H. The average Bonchev–Trinajstić information content (AvgIpc) is 3.32. The van der Waals surface area contributed by atoms with Gasteiger partial charge in [-0.05, 0) is 0 Å². The number of hydrogen-bond acceptors (Lipinski definition) is 0. The Morgan fingerprint density at radius 1 is 0.161 bits per heavy atom. The molecule has 0 fully saturated rings. The molecule has 0 spiro atoms. The summed E-state index contributed by atoms with van der Waals surface area (Å²) in [4.78, 5) is 0. The van der Waals surface area contributed by atoms with E-state index in [9.17, 15) is 0 Å². The molecule has 290 valence electrons. The minimum atomic E-state index is -1.86. The van der Waals surface area contributed by atoms with Crippen molar-refractivity contribution in [1.29, 1.82) is 0 Å². The fraction of sp³-hybridized carbons (Fsp3) is 0. The SMILES string of the molecule is c1ccc([As](c2ccc(-c3ccc([As](c4ccccc4)c4ccc5cc6cc7ccccc7cc6cc5c4)cc3)cc2)c2ccc3cc4cc5ccccc5cc4cc3c2)cc1. The summed E-state index contributed by atoms with van der Waals surface area (Å²) in [5.41, 5.74) is 2.51. The number of fused-ring (bicyclic) bond motifs is 6. The fourth-order valence-electron chi connectivity index (χ4n) is 9.29. The summed E-state index contributed by atoms with van der Waals surface area (Å²) in [5.74, 6) is 0. The summed E-state index contributed by atoms with van der Waals surface area (Å²) < 4.78 is 8.64. The first-order valence-corrected chi connectivity index (χ1v) is 26.9. The zero-order chi connectivity index (χ0) is 41.0. The number of rotatable bonds is 7. The third-order valence-corrected chi connectivity index (χ3v) is 22.6. The van der Waals surface area contributed by atoms with E-state index < -0.39 is 29.3 Å². The van der Waals surface area contributed by atoms with E-state index in [1.54, 1.807) is 0 Å². The average molecular weight is 911 g/mol. The summed E-state index contributed by atoms with van der Waals surface area (Å²) >= 11 is -3.71. The van der Waals surface area contributed by atoms with Crippen molar-refractivity contribution in [2.24, 2.45) is 0 Å². The quantitative estimate of drug-likeness (QED) is 0.110. The molecule has 0 heterocycles. The molecule has 0 saturated heterocycles. The zero-order valence-corrected chi connectivity index (χ0v) is 37.7. The second-order valence-corrected chi connectivity index (χ2v) is 25.6. The molecule has 62 heavy (non-hydrogen) atoms. The van der Waals surface area contributed by atoms with E-state index in [1.165, 1.54) is 102 Å². The van der Waals surface area contributed by atoms with Crippen molar-refractivity contribution in [2.75, 3.05) is 0 Å². The molecule has 2 atom stereocenters. The van der Waals surface area contributed by atoms with Crippen LogP contribution in [0.3, 0.4) is 0 Å². The normalized spacial score (nSPS) is 12.7. The Morgan fingerprint density at radius 2 is 0.403 bits per heavy atom. The van der Waals surface area contributed by atoms with Crippen LogP contribution >= 0.6 is 0 Å². The molecule has 0 N–H and O–H groups in total. The molecule has 0 amide bonds. The van der Waals surface area contributed by atoms with Crippen LogP contribution in [-0.4, -0.2) is 29.3 Å².